The van der Waals surface area contributed by atoms with Crippen LogP contribution < -0.4 is 4.90 Å². The van der Waals surface area contributed by atoms with E-state index in [1.807, 2.05) is 42.4 Å². The van der Waals surface area contributed by atoms with Gasteiger partial charge < -0.3 is 9.80 Å². The first-order valence-corrected chi connectivity index (χ1v) is 8.91. The van der Waals surface area contributed by atoms with Crippen molar-refractivity contribution in [3.05, 3.63) is 47.5 Å². The second-order valence-corrected chi connectivity index (χ2v) is 7.01. The SMILES string of the molecule is CCc1cnc(N2C[C@H]3CN(Cc4cccc(C)n4)C(=O)[C@H]3C2)nc1. The van der Waals surface area contributed by atoms with Crippen molar-refractivity contribution in [1.29, 1.82) is 0 Å². The molecule has 0 N–H and O–H groups in total. The number of likely N-dealkylation sites (tertiary alicyclic amines) is 1. The molecule has 4 heterocycles. The summed E-state index contributed by atoms with van der Waals surface area (Å²) < 4.78 is 0. The van der Waals surface area contributed by atoms with Crippen LogP contribution in [0.15, 0.2) is 30.6 Å². The predicted molar refractivity (Wildman–Crippen MR) is 95.0 cm³/mol. The molecule has 25 heavy (non-hydrogen) atoms. The normalized spacial score (nSPS) is 22.6. The van der Waals surface area contributed by atoms with E-state index < -0.39 is 0 Å². The number of carbonyl (C=O) groups excluding carboxylic acids is 1. The van der Waals surface area contributed by atoms with E-state index in [4.69, 9.17) is 0 Å². The van der Waals surface area contributed by atoms with Crippen molar-refractivity contribution in [3.8, 4) is 0 Å². The van der Waals surface area contributed by atoms with E-state index in [0.29, 0.717) is 19.0 Å². The summed E-state index contributed by atoms with van der Waals surface area (Å²) >= 11 is 0. The molecule has 6 heteroatoms. The lowest BCUT2D eigenvalue weighted by Gasteiger charge is -2.21. The number of nitrogens with zero attached hydrogens (tertiary/aromatic N) is 5. The van der Waals surface area contributed by atoms with Gasteiger partial charge in [0.15, 0.2) is 0 Å². The lowest BCUT2D eigenvalue weighted by molar-refractivity contribution is -0.131. The smallest absolute Gasteiger partial charge is 0.228 e. The third kappa shape index (κ3) is 3.08. The highest BCUT2D eigenvalue weighted by Crippen LogP contribution is 2.34. The minimum Gasteiger partial charge on any atom is -0.340 e. The molecule has 0 unspecified atom stereocenters. The predicted octanol–water partition coefficient (Wildman–Crippen LogP) is 1.84. The number of aryl methyl sites for hydroxylation is 2. The molecule has 0 aliphatic carbocycles. The number of amides is 1. The number of fused-ring (bicyclic) bond motifs is 1. The van der Waals surface area contributed by atoms with Crippen molar-refractivity contribution in [3.63, 3.8) is 0 Å². The quantitative estimate of drug-likeness (QED) is 0.852. The number of pyridine rings is 1. The third-order valence-electron chi connectivity index (χ3n) is 5.21. The number of hydrogen-bond acceptors (Lipinski definition) is 5. The molecule has 0 radical (unpaired) electrons. The zero-order valence-corrected chi connectivity index (χ0v) is 14.7. The molecule has 2 aliphatic rings. The minimum absolute atomic E-state index is 0.0549. The summed E-state index contributed by atoms with van der Waals surface area (Å²) in [5.74, 6) is 1.39. The zero-order chi connectivity index (χ0) is 17.4. The number of aromatic nitrogens is 3. The van der Waals surface area contributed by atoms with Crippen molar-refractivity contribution in [2.45, 2.75) is 26.8 Å². The Morgan fingerprint density at radius 3 is 2.64 bits per heavy atom. The van der Waals surface area contributed by atoms with Crippen LogP contribution >= 0.6 is 0 Å². The number of anilines is 1. The van der Waals surface area contributed by atoms with Gasteiger partial charge in [-0.1, -0.05) is 13.0 Å². The fourth-order valence-electron chi connectivity index (χ4n) is 3.83. The highest BCUT2D eigenvalue weighted by atomic mass is 16.2. The van der Waals surface area contributed by atoms with Gasteiger partial charge in [0.2, 0.25) is 11.9 Å². The Labute approximate surface area is 147 Å². The molecule has 130 valence electrons. The summed E-state index contributed by atoms with van der Waals surface area (Å²) in [5, 5.41) is 0. The van der Waals surface area contributed by atoms with Gasteiger partial charge in [-0.05, 0) is 31.0 Å². The molecule has 0 saturated carbocycles. The Kier molecular flexibility index (Phi) is 4.11. The van der Waals surface area contributed by atoms with Crippen LogP contribution in [0.1, 0.15) is 23.9 Å². The topological polar surface area (TPSA) is 62.2 Å². The fraction of sp³-hybridized carbons (Fsp3) is 0.474. The van der Waals surface area contributed by atoms with Crippen LogP contribution in [0.5, 0.6) is 0 Å². The van der Waals surface area contributed by atoms with Crippen molar-refractivity contribution in [1.82, 2.24) is 19.9 Å². The summed E-state index contributed by atoms with van der Waals surface area (Å²) in [6.45, 7) is 7.03. The van der Waals surface area contributed by atoms with Gasteiger partial charge in [-0.15, -0.1) is 0 Å². The van der Waals surface area contributed by atoms with Crippen molar-refractivity contribution >= 4 is 11.9 Å². The number of carbonyl (C=O) groups is 1. The Hall–Kier alpha value is -2.50. The van der Waals surface area contributed by atoms with Crippen LogP contribution in [-0.4, -0.2) is 45.4 Å². The largest absolute Gasteiger partial charge is 0.340 e. The summed E-state index contributed by atoms with van der Waals surface area (Å²) in [7, 11) is 0. The van der Waals surface area contributed by atoms with Crippen molar-refractivity contribution in [2.75, 3.05) is 24.5 Å². The van der Waals surface area contributed by atoms with Gasteiger partial charge in [0.25, 0.3) is 0 Å². The first-order valence-electron chi connectivity index (χ1n) is 8.91. The first kappa shape index (κ1) is 16.0. The second kappa shape index (κ2) is 6.43. The second-order valence-electron chi connectivity index (χ2n) is 7.01. The summed E-state index contributed by atoms with van der Waals surface area (Å²) in [4.78, 5) is 30.3. The lowest BCUT2D eigenvalue weighted by Crippen LogP contribution is -2.33. The Balaban J connectivity index is 1.42. The molecule has 4 rings (SSSR count). The Morgan fingerprint density at radius 2 is 1.96 bits per heavy atom. The van der Waals surface area contributed by atoms with Crippen LogP contribution in [-0.2, 0) is 17.8 Å². The molecule has 2 saturated heterocycles. The monoisotopic (exact) mass is 337 g/mol. The zero-order valence-electron chi connectivity index (χ0n) is 14.7. The van der Waals surface area contributed by atoms with E-state index in [9.17, 15) is 4.79 Å². The van der Waals surface area contributed by atoms with E-state index in [1.54, 1.807) is 0 Å². The highest BCUT2D eigenvalue weighted by Gasteiger charge is 2.46. The van der Waals surface area contributed by atoms with Gasteiger partial charge in [0, 0.05) is 43.6 Å². The maximum Gasteiger partial charge on any atom is 0.228 e. The van der Waals surface area contributed by atoms with Gasteiger partial charge >= 0.3 is 0 Å². The highest BCUT2D eigenvalue weighted by molar-refractivity contribution is 5.83. The molecule has 6 nitrogen and oxygen atoms in total. The van der Waals surface area contributed by atoms with Gasteiger partial charge in [0.05, 0.1) is 18.2 Å². The van der Waals surface area contributed by atoms with Crippen LogP contribution in [0.4, 0.5) is 5.95 Å². The molecule has 1 amide bonds. The molecule has 2 fully saturated rings. The molecule has 2 aliphatic heterocycles. The average Bonchev–Trinajstić information content (AvgIpc) is 3.15. The van der Waals surface area contributed by atoms with Crippen LogP contribution in [0.25, 0.3) is 0 Å². The van der Waals surface area contributed by atoms with Crippen molar-refractivity contribution < 1.29 is 4.79 Å². The Morgan fingerprint density at radius 1 is 1.16 bits per heavy atom. The first-order chi connectivity index (χ1) is 12.1. The fourth-order valence-corrected chi connectivity index (χ4v) is 3.83. The molecule has 0 spiro atoms. The molecule has 0 aromatic carbocycles. The van der Waals surface area contributed by atoms with Gasteiger partial charge in [0.1, 0.15) is 0 Å². The van der Waals surface area contributed by atoms with Crippen molar-refractivity contribution in [2.24, 2.45) is 11.8 Å². The number of hydrogen-bond donors (Lipinski definition) is 0. The third-order valence-corrected chi connectivity index (χ3v) is 5.21. The van der Waals surface area contributed by atoms with Gasteiger partial charge in [-0.2, -0.15) is 0 Å². The molecular formula is C19H23N5O. The van der Waals surface area contributed by atoms with E-state index in [1.165, 1.54) is 0 Å². The van der Waals surface area contributed by atoms with Crippen LogP contribution in [0.3, 0.4) is 0 Å². The lowest BCUT2D eigenvalue weighted by atomic mass is 10.0. The molecule has 2 aromatic rings. The molecular weight excluding hydrogens is 314 g/mol. The van der Waals surface area contributed by atoms with Gasteiger partial charge in [-0.3, -0.25) is 9.78 Å². The molecule has 2 atom stereocenters. The summed E-state index contributed by atoms with van der Waals surface area (Å²) in [6.07, 6.45) is 4.70. The number of rotatable bonds is 4. The average molecular weight is 337 g/mol. The molecule has 0 bridgehead atoms. The van der Waals surface area contributed by atoms with E-state index in [2.05, 4.69) is 26.8 Å². The van der Waals surface area contributed by atoms with E-state index in [0.717, 1.165) is 42.4 Å². The Bertz CT molecular complexity index is 776. The maximum atomic E-state index is 12.8. The maximum absolute atomic E-state index is 12.8. The summed E-state index contributed by atoms with van der Waals surface area (Å²) in [6, 6.07) is 5.97. The van der Waals surface area contributed by atoms with Crippen LogP contribution in [0, 0.1) is 18.8 Å². The van der Waals surface area contributed by atoms with E-state index >= 15 is 0 Å². The summed E-state index contributed by atoms with van der Waals surface area (Å²) in [5.41, 5.74) is 3.09. The van der Waals surface area contributed by atoms with E-state index in [-0.39, 0.29) is 11.8 Å². The van der Waals surface area contributed by atoms with Crippen LogP contribution in [0.2, 0.25) is 0 Å². The van der Waals surface area contributed by atoms with Gasteiger partial charge in [-0.25, -0.2) is 9.97 Å². The molecule has 2 aromatic heterocycles. The minimum atomic E-state index is 0.0549. The standard InChI is InChI=1S/C19H23N5O/c1-3-14-7-20-19(21-8-14)24-10-15-9-23(18(25)17(15)12-24)11-16-6-4-5-13(2)22-16/h4-8,15,17H,3,9-12H2,1-2H3/t15-,17+/m1/s1.